The van der Waals surface area contributed by atoms with Gasteiger partial charge in [-0.3, -0.25) is 0 Å². The van der Waals surface area contributed by atoms with Crippen LogP contribution in [0, 0.1) is 0 Å². The maximum absolute atomic E-state index is 8.66. The van der Waals surface area contributed by atoms with E-state index in [1.807, 2.05) is 19.6 Å². The Labute approximate surface area is 96.2 Å². The zero-order chi connectivity index (χ0) is 14.4. The molecule has 9 nitrogen and oxygen atoms in total. The summed E-state index contributed by atoms with van der Waals surface area (Å²) in [6.45, 7) is 5.65. The minimum atomic E-state index is -4.61. The number of methoxy groups -OCH3 is 1. The van der Waals surface area contributed by atoms with E-state index in [4.69, 9.17) is 34.5 Å². The van der Waals surface area contributed by atoms with Crippen LogP contribution in [0.5, 0.6) is 0 Å². The van der Waals surface area contributed by atoms with Crippen LogP contribution in [0.25, 0.3) is 0 Å². The fourth-order valence-corrected chi connectivity index (χ4v) is 0. The highest BCUT2D eigenvalue weighted by atomic mass is 28.4. The molecule has 0 saturated heterocycles. The van der Waals surface area contributed by atoms with Gasteiger partial charge in [0.05, 0.1) is 0 Å². The van der Waals surface area contributed by atoms with Crippen molar-refractivity contribution in [2.24, 2.45) is 0 Å². The highest BCUT2D eigenvalue weighted by Gasteiger charge is 2.22. The maximum Gasteiger partial charge on any atom is 0.668 e. The summed E-state index contributed by atoms with van der Waals surface area (Å²) < 4.78 is 4.25. The molecule has 0 aromatic carbocycles. The van der Waals surface area contributed by atoms with Crippen molar-refractivity contribution in [2.45, 2.75) is 19.6 Å². The van der Waals surface area contributed by atoms with Gasteiger partial charge in [0, 0.05) is 14.2 Å². The third-order valence-electron chi connectivity index (χ3n) is 0. The molecule has 16 heavy (non-hydrogen) atoms. The van der Waals surface area contributed by atoms with Crippen molar-refractivity contribution < 1.29 is 44.3 Å². The molecule has 0 saturated carbocycles. The first-order valence-electron chi connectivity index (χ1n) is 3.80. The lowest BCUT2D eigenvalue weighted by atomic mass is 11.6. The molecule has 0 unspecified atom stereocenters. The Balaban J connectivity index is -0.0000000621. The third-order valence-corrected chi connectivity index (χ3v) is 0. The molecule has 0 spiro atoms. The molecule has 0 amide bonds. The molecule has 0 atom stereocenters. The van der Waals surface area contributed by atoms with Crippen molar-refractivity contribution in [2.75, 3.05) is 14.2 Å². The van der Waals surface area contributed by atoms with Gasteiger partial charge in [0.2, 0.25) is 0 Å². The Morgan fingerprint density at radius 3 is 0.750 bits per heavy atom. The smallest absolute Gasteiger partial charge is 0.433 e. The first-order valence-corrected chi connectivity index (χ1v) is 9.04. The molecule has 0 heterocycles. The zero-order valence-electron chi connectivity index (χ0n) is 9.95. The van der Waals surface area contributed by atoms with Gasteiger partial charge >= 0.3 is 9.05 Å². The van der Waals surface area contributed by atoms with Crippen LogP contribution in [0.1, 0.15) is 0 Å². The van der Waals surface area contributed by atoms with Gasteiger partial charge < -0.3 is 28.7 Å². The summed E-state index contributed by atoms with van der Waals surface area (Å²) in [5.74, 6) is 0. The van der Waals surface area contributed by atoms with Crippen LogP contribution in [-0.2, 0) is 9.78 Å². The van der Waals surface area contributed by atoms with Gasteiger partial charge in [0.15, 0.2) is 8.32 Å². The van der Waals surface area contributed by atoms with Gasteiger partial charge in [-0.25, -0.2) is 10.5 Å². The first kappa shape index (κ1) is 25.1. The van der Waals surface area contributed by atoms with E-state index in [1.165, 1.54) is 0 Å². The van der Waals surface area contributed by atoms with E-state index in [2.05, 4.69) is 9.78 Å². The Morgan fingerprint density at radius 1 is 0.750 bits per heavy atom. The van der Waals surface area contributed by atoms with Crippen LogP contribution in [0.4, 0.5) is 0 Å². The fraction of sp³-hybridized carbons (Fsp3) is 1.00. The van der Waals surface area contributed by atoms with Gasteiger partial charge in [-0.05, 0) is 19.6 Å². The second kappa shape index (κ2) is 15.1. The SMILES string of the molecule is COC.C[Si](C)(C)O.OOO.O[Si](O)(O)O. The summed E-state index contributed by atoms with van der Waals surface area (Å²) in [5.41, 5.74) is 0. The lowest BCUT2D eigenvalue weighted by Crippen LogP contribution is -2.33. The summed E-state index contributed by atoms with van der Waals surface area (Å²) in [4.78, 5) is 38.0. The van der Waals surface area contributed by atoms with Crippen molar-refractivity contribution in [1.29, 1.82) is 0 Å². The standard InChI is InChI=1S/C3H10OSi.C2H6O.H4O4Si.H2O3/c1-5(2,3)4;1-3-2;1-5(2,3)4;1-3-2/h4H,1-3H3;1-2H3;1-4H;1-2H. The van der Waals surface area contributed by atoms with Gasteiger partial charge in [0.1, 0.15) is 0 Å². The topological polar surface area (TPSA) is 160 Å². The molecule has 104 valence electrons. The molecule has 0 aliphatic heterocycles. The second-order valence-electron chi connectivity index (χ2n) is 3.26. The average Bonchev–Trinajstić information content (AvgIpc) is 1.79. The van der Waals surface area contributed by atoms with E-state index < -0.39 is 17.4 Å². The van der Waals surface area contributed by atoms with E-state index in [9.17, 15) is 0 Å². The Kier molecular flexibility index (Phi) is 23.6. The minimum absolute atomic E-state index is 1.61. The quantitative estimate of drug-likeness (QED) is 0.158. The van der Waals surface area contributed by atoms with Gasteiger partial charge in [0.25, 0.3) is 0 Å². The first-order chi connectivity index (χ1) is 6.83. The molecule has 0 aromatic heterocycles. The van der Waals surface area contributed by atoms with E-state index >= 15 is 0 Å². The third kappa shape index (κ3) is 442000. The van der Waals surface area contributed by atoms with Crippen molar-refractivity contribution in [3.05, 3.63) is 0 Å². The van der Waals surface area contributed by atoms with Crippen LogP contribution >= 0.6 is 0 Å². The highest BCUT2D eigenvalue weighted by Crippen LogP contribution is 1.88. The second-order valence-corrected chi connectivity index (χ2v) is 8.80. The molecule has 11 heteroatoms. The molecule has 0 radical (unpaired) electrons. The lowest BCUT2D eigenvalue weighted by Gasteiger charge is -2.00. The van der Waals surface area contributed by atoms with Crippen LogP contribution in [0.3, 0.4) is 0 Å². The lowest BCUT2D eigenvalue weighted by molar-refractivity contribution is -0.465. The largest absolute Gasteiger partial charge is 0.668 e. The van der Waals surface area contributed by atoms with Crippen molar-refractivity contribution >= 4 is 17.4 Å². The normalized spacial score (nSPS) is 9.75. The molecule has 7 N–H and O–H groups in total. The highest BCUT2D eigenvalue weighted by molar-refractivity contribution is 6.68. The molecule has 0 fully saturated rings. The van der Waals surface area contributed by atoms with Gasteiger partial charge in [-0.2, -0.15) is 0 Å². The molecule has 0 aliphatic rings. The van der Waals surface area contributed by atoms with Gasteiger partial charge in [-0.1, -0.05) is 5.04 Å². The number of rotatable bonds is 0. The van der Waals surface area contributed by atoms with Crippen LogP contribution in [0.2, 0.25) is 19.6 Å². The number of hydrogen-bond acceptors (Lipinski definition) is 9. The van der Waals surface area contributed by atoms with Crippen molar-refractivity contribution in [1.82, 2.24) is 0 Å². The summed E-state index contributed by atoms with van der Waals surface area (Å²) in [6, 6.07) is 0. The van der Waals surface area contributed by atoms with E-state index in [0.29, 0.717) is 0 Å². The number of hydrogen-bond donors (Lipinski definition) is 7. The Bertz CT molecular complexity index is 83.4. The molecule has 0 aromatic rings. The predicted molar refractivity (Wildman–Crippen MR) is 59.5 cm³/mol. The van der Waals surface area contributed by atoms with Crippen molar-refractivity contribution in [3.8, 4) is 0 Å². The molecule has 0 bridgehead atoms. The van der Waals surface area contributed by atoms with Crippen LogP contribution in [-0.4, -0.2) is 66.1 Å². The van der Waals surface area contributed by atoms with E-state index in [-0.39, 0.29) is 0 Å². The van der Waals surface area contributed by atoms with Crippen molar-refractivity contribution in [3.63, 3.8) is 0 Å². The Hall–Kier alpha value is 0.0738. The van der Waals surface area contributed by atoms with Crippen LogP contribution in [0.15, 0.2) is 0 Å². The Morgan fingerprint density at radius 2 is 0.750 bits per heavy atom. The van der Waals surface area contributed by atoms with E-state index in [1.54, 1.807) is 14.2 Å². The molecular formula is C5H22O9Si2. The molecule has 0 aliphatic carbocycles. The fourth-order valence-electron chi connectivity index (χ4n) is 0. The monoisotopic (exact) mass is 282 g/mol. The summed E-state index contributed by atoms with van der Waals surface area (Å²) in [7, 11) is -2.97. The van der Waals surface area contributed by atoms with E-state index in [0.717, 1.165) is 0 Å². The molecule has 0 rings (SSSR count). The maximum atomic E-state index is 8.66. The zero-order valence-corrected chi connectivity index (χ0v) is 11.9. The number of ether oxygens (including phenoxy) is 1. The average molecular weight is 282 g/mol. The van der Waals surface area contributed by atoms with Gasteiger partial charge in [-0.15, -0.1) is 0 Å². The summed E-state index contributed by atoms with van der Waals surface area (Å²) in [6.07, 6.45) is 0. The minimum Gasteiger partial charge on any atom is -0.433 e. The summed E-state index contributed by atoms with van der Waals surface area (Å²) in [5, 5.41) is 15.5. The summed E-state index contributed by atoms with van der Waals surface area (Å²) >= 11 is 0. The van der Waals surface area contributed by atoms with Crippen LogP contribution < -0.4 is 0 Å². The predicted octanol–water partition coefficient (Wildman–Crippen LogP) is -1.58. The molecular weight excluding hydrogens is 260 g/mol.